The Bertz CT molecular complexity index is 510. The maximum absolute atomic E-state index is 5.93. The molecule has 0 aliphatic rings. The molecule has 1 aromatic carbocycles. The summed E-state index contributed by atoms with van der Waals surface area (Å²) in [6.07, 6.45) is 3.58. The number of rotatable bonds is 6. The second kappa shape index (κ2) is 7.06. The highest BCUT2D eigenvalue weighted by atomic mass is 79.9. The van der Waals surface area contributed by atoms with Gasteiger partial charge < -0.3 is 0 Å². The SMILES string of the molecule is CCCn1ncnc1CC(CBr)c1ccc(Cl)cc1. The second-order valence-corrected chi connectivity index (χ2v) is 5.59. The smallest absolute Gasteiger partial charge is 0.138 e. The molecule has 0 radical (unpaired) electrons. The van der Waals surface area contributed by atoms with Crippen molar-refractivity contribution in [3.8, 4) is 0 Å². The van der Waals surface area contributed by atoms with Crippen LogP contribution in [-0.4, -0.2) is 20.1 Å². The van der Waals surface area contributed by atoms with Gasteiger partial charge in [0, 0.05) is 29.2 Å². The van der Waals surface area contributed by atoms with Crippen molar-refractivity contribution < 1.29 is 0 Å². The molecule has 2 aromatic rings. The first kappa shape index (κ1) is 14.5. The molecule has 0 aliphatic carbocycles. The molecule has 102 valence electrons. The lowest BCUT2D eigenvalue weighted by Crippen LogP contribution is -2.11. The minimum absolute atomic E-state index is 0.386. The predicted octanol–water partition coefficient (Wildman–Crippen LogP) is 4.06. The maximum Gasteiger partial charge on any atom is 0.138 e. The van der Waals surface area contributed by atoms with Crippen molar-refractivity contribution in [3.05, 3.63) is 47.0 Å². The van der Waals surface area contributed by atoms with Gasteiger partial charge in [0.25, 0.3) is 0 Å². The molecule has 5 heteroatoms. The van der Waals surface area contributed by atoms with Crippen LogP contribution in [0.15, 0.2) is 30.6 Å². The Morgan fingerprint density at radius 1 is 1.32 bits per heavy atom. The van der Waals surface area contributed by atoms with E-state index in [1.165, 1.54) is 5.56 Å². The Balaban J connectivity index is 2.14. The van der Waals surface area contributed by atoms with Gasteiger partial charge in [0.05, 0.1) is 0 Å². The fraction of sp³-hybridized carbons (Fsp3) is 0.429. The zero-order valence-electron chi connectivity index (χ0n) is 10.9. The van der Waals surface area contributed by atoms with Crippen LogP contribution in [0.4, 0.5) is 0 Å². The normalized spacial score (nSPS) is 12.6. The lowest BCUT2D eigenvalue weighted by molar-refractivity contribution is 0.554. The van der Waals surface area contributed by atoms with E-state index in [9.17, 15) is 0 Å². The second-order valence-electron chi connectivity index (χ2n) is 4.51. The van der Waals surface area contributed by atoms with Crippen molar-refractivity contribution in [2.45, 2.75) is 32.2 Å². The monoisotopic (exact) mass is 341 g/mol. The first-order valence-corrected chi connectivity index (χ1v) is 7.92. The van der Waals surface area contributed by atoms with Gasteiger partial charge in [0.1, 0.15) is 12.2 Å². The lowest BCUT2D eigenvalue weighted by Gasteiger charge is -2.14. The maximum atomic E-state index is 5.93. The summed E-state index contributed by atoms with van der Waals surface area (Å²) in [5.41, 5.74) is 1.27. The fourth-order valence-electron chi connectivity index (χ4n) is 2.06. The first-order chi connectivity index (χ1) is 9.24. The van der Waals surface area contributed by atoms with E-state index in [1.54, 1.807) is 6.33 Å². The van der Waals surface area contributed by atoms with Crippen LogP contribution in [0, 0.1) is 0 Å². The van der Waals surface area contributed by atoms with Crippen molar-refractivity contribution in [1.82, 2.24) is 14.8 Å². The molecular formula is C14H17BrClN3. The van der Waals surface area contributed by atoms with Crippen LogP contribution in [0.5, 0.6) is 0 Å². The van der Waals surface area contributed by atoms with Gasteiger partial charge in [0.2, 0.25) is 0 Å². The average molecular weight is 343 g/mol. The Morgan fingerprint density at radius 2 is 2.05 bits per heavy atom. The van der Waals surface area contributed by atoms with Crippen LogP contribution in [0.25, 0.3) is 0 Å². The summed E-state index contributed by atoms with van der Waals surface area (Å²) < 4.78 is 1.99. The van der Waals surface area contributed by atoms with Crippen LogP contribution in [0.3, 0.4) is 0 Å². The molecule has 0 N–H and O–H groups in total. The fourth-order valence-corrected chi connectivity index (χ4v) is 2.79. The number of hydrogen-bond acceptors (Lipinski definition) is 2. The van der Waals surface area contributed by atoms with Gasteiger partial charge in [-0.1, -0.05) is 46.6 Å². The van der Waals surface area contributed by atoms with E-state index in [1.807, 2.05) is 16.8 Å². The van der Waals surface area contributed by atoms with E-state index in [0.717, 1.165) is 35.6 Å². The summed E-state index contributed by atoms with van der Waals surface area (Å²) >= 11 is 9.52. The van der Waals surface area contributed by atoms with Crippen molar-refractivity contribution >= 4 is 27.5 Å². The zero-order chi connectivity index (χ0) is 13.7. The van der Waals surface area contributed by atoms with Gasteiger partial charge in [0.15, 0.2) is 0 Å². The van der Waals surface area contributed by atoms with Crippen LogP contribution in [0.1, 0.15) is 30.7 Å². The first-order valence-electron chi connectivity index (χ1n) is 6.42. The molecule has 1 unspecified atom stereocenters. The number of halogens is 2. The number of alkyl halides is 1. The molecule has 0 fully saturated rings. The zero-order valence-corrected chi connectivity index (χ0v) is 13.2. The molecule has 1 aromatic heterocycles. The van der Waals surface area contributed by atoms with Gasteiger partial charge in [-0.3, -0.25) is 4.68 Å². The van der Waals surface area contributed by atoms with Gasteiger partial charge in [-0.05, 0) is 24.1 Å². The van der Waals surface area contributed by atoms with E-state index in [0.29, 0.717) is 5.92 Å². The summed E-state index contributed by atoms with van der Waals surface area (Å²) in [6, 6.07) is 8.02. The minimum atomic E-state index is 0.386. The minimum Gasteiger partial charge on any atom is -0.250 e. The summed E-state index contributed by atoms with van der Waals surface area (Å²) in [6.45, 7) is 3.07. The Kier molecular flexibility index (Phi) is 5.40. The number of aromatic nitrogens is 3. The van der Waals surface area contributed by atoms with E-state index in [4.69, 9.17) is 11.6 Å². The van der Waals surface area contributed by atoms with Gasteiger partial charge >= 0.3 is 0 Å². The summed E-state index contributed by atoms with van der Waals surface area (Å²) in [7, 11) is 0. The van der Waals surface area contributed by atoms with E-state index < -0.39 is 0 Å². The molecular weight excluding hydrogens is 326 g/mol. The molecule has 2 rings (SSSR count). The third-order valence-corrected chi connectivity index (χ3v) is 4.12. The van der Waals surface area contributed by atoms with Crippen molar-refractivity contribution in [1.29, 1.82) is 0 Å². The highest BCUT2D eigenvalue weighted by Gasteiger charge is 2.14. The van der Waals surface area contributed by atoms with E-state index in [2.05, 4.69) is 45.1 Å². The Hall–Kier alpha value is -0.870. The molecule has 19 heavy (non-hydrogen) atoms. The van der Waals surface area contributed by atoms with Crippen LogP contribution in [-0.2, 0) is 13.0 Å². The number of benzene rings is 1. The number of hydrogen-bond donors (Lipinski definition) is 0. The number of aryl methyl sites for hydroxylation is 1. The quantitative estimate of drug-likeness (QED) is 0.741. The average Bonchev–Trinajstić information content (AvgIpc) is 2.85. The molecule has 0 spiro atoms. The standard InChI is InChI=1S/C14H17BrClN3/c1-2-7-19-14(17-10-18-19)8-12(9-15)11-3-5-13(16)6-4-11/h3-6,10,12H,2,7-9H2,1H3. The van der Waals surface area contributed by atoms with Crippen LogP contribution in [0.2, 0.25) is 5.02 Å². The molecule has 0 saturated carbocycles. The van der Waals surface area contributed by atoms with Gasteiger partial charge in [-0.15, -0.1) is 0 Å². The summed E-state index contributed by atoms with van der Waals surface area (Å²) in [5.74, 6) is 1.43. The highest BCUT2D eigenvalue weighted by Crippen LogP contribution is 2.23. The molecule has 1 atom stereocenters. The molecule has 0 aliphatic heterocycles. The Labute approximate surface area is 127 Å². The van der Waals surface area contributed by atoms with Gasteiger partial charge in [-0.25, -0.2) is 4.98 Å². The lowest BCUT2D eigenvalue weighted by atomic mass is 9.97. The highest BCUT2D eigenvalue weighted by molar-refractivity contribution is 9.09. The molecule has 1 heterocycles. The van der Waals surface area contributed by atoms with Crippen molar-refractivity contribution in [2.75, 3.05) is 5.33 Å². The summed E-state index contributed by atoms with van der Waals surface area (Å²) in [4.78, 5) is 4.37. The van der Waals surface area contributed by atoms with Crippen molar-refractivity contribution in [3.63, 3.8) is 0 Å². The van der Waals surface area contributed by atoms with Crippen molar-refractivity contribution in [2.24, 2.45) is 0 Å². The molecule has 0 bridgehead atoms. The summed E-state index contributed by atoms with van der Waals surface area (Å²) in [5, 5.41) is 5.94. The van der Waals surface area contributed by atoms with Crippen LogP contribution >= 0.6 is 27.5 Å². The predicted molar refractivity (Wildman–Crippen MR) is 82.0 cm³/mol. The largest absolute Gasteiger partial charge is 0.250 e. The third-order valence-electron chi connectivity index (χ3n) is 3.09. The Morgan fingerprint density at radius 3 is 2.68 bits per heavy atom. The van der Waals surface area contributed by atoms with E-state index in [-0.39, 0.29) is 0 Å². The van der Waals surface area contributed by atoms with Gasteiger partial charge in [-0.2, -0.15) is 5.10 Å². The number of nitrogens with zero attached hydrogens (tertiary/aromatic N) is 3. The van der Waals surface area contributed by atoms with Crippen LogP contribution < -0.4 is 0 Å². The topological polar surface area (TPSA) is 30.7 Å². The molecule has 3 nitrogen and oxygen atoms in total. The molecule has 0 amide bonds. The van der Waals surface area contributed by atoms with E-state index >= 15 is 0 Å². The molecule has 0 saturated heterocycles. The third kappa shape index (κ3) is 3.80.